The number of aryl methyl sites for hydroxylation is 1. The summed E-state index contributed by atoms with van der Waals surface area (Å²) in [4.78, 5) is 35.4. The largest absolute Gasteiger partial charge is 0.513 e. The van der Waals surface area contributed by atoms with Crippen molar-refractivity contribution in [3.63, 3.8) is 0 Å². The average Bonchev–Trinajstić information content (AvgIpc) is 2.78. The summed E-state index contributed by atoms with van der Waals surface area (Å²) in [6.45, 7) is 2.80. The van der Waals surface area contributed by atoms with Crippen LogP contribution in [0.5, 0.6) is 11.5 Å². The van der Waals surface area contributed by atoms with Crippen molar-refractivity contribution in [2.45, 2.75) is 26.2 Å². The predicted molar refractivity (Wildman–Crippen MR) is 115 cm³/mol. The number of benzene rings is 2. The van der Waals surface area contributed by atoms with E-state index in [2.05, 4.69) is 15.4 Å². The fourth-order valence-corrected chi connectivity index (χ4v) is 2.78. The highest BCUT2D eigenvalue weighted by atomic mass is 16.7. The van der Waals surface area contributed by atoms with Gasteiger partial charge in [-0.25, -0.2) is 4.79 Å². The Labute approximate surface area is 181 Å². The van der Waals surface area contributed by atoms with Gasteiger partial charge in [0, 0.05) is 25.1 Å². The third-order valence-electron chi connectivity index (χ3n) is 4.36. The van der Waals surface area contributed by atoms with Gasteiger partial charge in [0.05, 0.1) is 13.7 Å². The van der Waals surface area contributed by atoms with Gasteiger partial charge in [0.1, 0.15) is 11.5 Å². The van der Waals surface area contributed by atoms with Gasteiger partial charge < -0.3 is 24.8 Å². The molecule has 0 atom stereocenters. The summed E-state index contributed by atoms with van der Waals surface area (Å²) < 4.78 is 14.9. The third kappa shape index (κ3) is 8.38. The summed E-state index contributed by atoms with van der Waals surface area (Å²) in [5.41, 5.74) is 1.43. The lowest BCUT2D eigenvalue weighted by Gasteiger charge is -2.09. The van der Waals surface area contributed by atoms with E-state index in [1.54, 1.807) is 26.2 Å². The van der Waals surface area contributed by atoms with Crippen LogP contribution in [0.3, 0.4) is 0 Å². The molecule has 0 radical (unpaired) electrons. The first-order chi connectivity index (χ1) is 15.0. The van der Waals surface area contributed by atoms with Gasteiger partial charge in [-0.15, -0.1) is 0 Å². The number of ether oxygens (including phenoxy) is 3. The van der Waals surface area contributed by atoms with Crippen LogP contribution in [0.1, 0.15) is 35.7 Å². The predicted octanol–water partition coefficient (Wildman–Crippen LogP) is 3.10. The van der Waals surface area contributed by atoms with Crippen LogP contribution < -0.4 is 20.1 Å². The zero-order valence-corrected chi connectivity index (χ0v) is 17.8. The second-order valence-corrected chi connectivity index (χ2v) is 6.58. The van der Waals surface area contributed by atoms with Gasteiger partial charge in [0.2, 0.25) is 5.91 Å². The maximum absolute atomic E-state index is 12.2. The molecule has 0 aliphatic carbocycles. The Hall–Kier alpha value is -3.55. The first-order valence-corrected chi connectivity index (χ1v) is 10.1. The van der Waals surface area contributed by atoms with Crippen LogP contribution in [0.25, 0.3) is 0 Å². The molecule has 31 heavy (non-hydrogen) atoms. The van der Waals surface area contributed by atoms with Crippen LogP contribution in [-0.2, 0) is 16.0 Å². The maximum atomic E-state index is 12.2. The SMILES string of the molecule is CCOC(=O)Oc1ccc(C(=O)NCCCNC(=O)CCc2ccccc2OC)cc1. The van der Waals surface area contributed by atoms with Crippen molar-refractivity contribution in [1.82, 2.24) is 10.6 Å². The van der Waals surface area contributed by atoms with Gasteiger partial charge in [-0.1, -0.05) is 18.2 Å². The summed E-state index contributed by atoms with van der Waals surface area (Å²) in [6, 6.07) is 13.8. The highest BCUT2D eigenvalue weighted by Crippen LogP contribution is 2.18. The summed E-state index contributed by atoms with van der Waals surface area (Å²) >= 11 is 0. The van der Waals surface area contributed by atoms with E-state index in [-0.39, 0.29) is 18.4 Å². The van der Waals surface area contributed by atoms with Crippen molar-refractivity contribution in [2.75, 3.05) is 26.8 Å². The zero-order chi connectivity index (χ0) is 22.5. The monoisotopic (exact) mass is 428 g/mol. The number of nitrogens with one attached hydrogen (secondary N) is 2. The second-order valence-electron chi connectivity index (χ2n) is 6.58. The lowest BCUT2D eigenvalue weighted by Crippen LogP contribution is -2.30. The van der Waals surface area contributed by atoms with E-state index in [0.29, 0.717) is 43.7 Å². The van der Waals surface area contributed by atoms with Gasteiger partial charge in [-0.2, -0.15) is 0 Å². The van der Waals surface area contributed by atoms with Crippen molar-refractivity contribution in [3.05, 3.63) is 59.7 Å². The molecule has 2 rings (SSSR count). The molecule has 0 aliphatic rings. The minimum absolute atomic E-state index is 0.0468. The number of rotatable bonds is 11. The van der Waals surface area contributed by atoms with Gasteiger partial charge in [-0.3, -0.25) is 9.59 Å². The van der Waals surface area contributed by atoms with E-state index < -0.39 is 6.16 Å². The van der Waals surface area contributed by atoms with Crippen LogP contribution in [0.2, 0.25) is 0 Å². The summed E-state index contributed by atoms with van der Waals surface area (Å²) in [5, 5.41) is 5.64. The van der Waals surface area contributed by atoms with Crippen LogP contribution >= 0.6 is 0 Å². The average molecular weight is 428 g/mol. The molecule has 166 valence electrons. The molecule has 0 aromatic heterocycles. The summed E-state index contributed by atoms with van der Waals surface area (Å²) in [5.74, 6) is 0.781. The smallest absolute Gasteiger partial charge is 0.496 e. The Bertz CT molecular complexity index is 867. The molecule has 2 aromatic carbocycles. The topological polar surface area (TPSA) is 103 Å². The second kappa shape index (κ2) is 12.9. The summed E-state index contributed by atoms with van der Waals surface area (Å²) in [7, 11) is 1.61. The molecule has 8 heteroatoms. The molecule has 0 fully saturated rings. The molecule has 0 saturated carbocycles. The lowest BCUT2D eigenvalue weighted by atomic mass is 10.1. The van der Waals surface area contributed by atoms with E-state index >= 15 is 0 Å². The van der Waals surface area contributed by atoms with E-state index in [0.717, 1.165) is 11.3 Å². The number of carbonyl (C=O) groups excluding carboxylic acids is 3. The van der Waals surface area contributed by atoms with Gasteiger partial charge in [0.25, 0.3) is 5.91 Å². The first-order valence-electron chi connectivity index (χ1n) is 10.1. The molecule has 8 nitrogen and oxygen atoms in total. The van der Waals surface area contributed by atoms with Crippen molar-refractivity contribution in [3.8, 4) is 11.5 Å². The Balaban J connectivity index is 1.63. The number of hydrogen-bond acceptors (Lipinski definition) is 6. The normalized spacial score (nSPS) is 10.1. The molecular weight excluding hydrogens is 400 g/mol. The van der Waals surface area contributed by atoms with Crippen molar-refractivity contribution in [1.29, 1.82) is 0 Å². The fraction of sp³-hybridized carbons (Fsp3) is 0.348. The fourth-order valence-electron chi connectivity index (χ4n) is 2.78. The number of methoxy groups -OCH3 is 1. The molecule has 2 N–H and O–H groups in total. The van der Waals surface area contributed by atoms with E-state index in [4.69, 9.17) is 9.47 Å². The minimum atomic E-state index is -0.787. The number of carbonyl (C=O) groups is 3. The van der Waals surface area contributed by atoms with E-state index in [1.165, 1.54) is 12.1 Å². The maximum Gasteiger partial charge on any atom is 0.513 e. The Morgan fingerprint density at radius 2 is 1.65 bits per heavy atom. The number of amides is 2. The van der Waals surface area contributed by atoms with E-state index in [1.807, 2.05) is 24.3 Å². The molecule has 0 bridgehead atoms. The van der Waals surface area contributed by atoms with Gasteiger partial charge in [-0.05, 0) is 55.7 Å². The molecule has 0 saturated heterocycles. The molecule has 0 unspecified atom stereocenters. The first kappa shape index (κ1) is 23.7. The van der Waals surface area contributed by atoms with Crippen LogP contribution in [0.4, 0.5) is 4.79 Å². The van der Waals surface area contributed by atoms with Crippen LogP contribution in [-0.4, -0.2) is 44.8 Å². The Morgan fingerprint density at radius 3 is 2.35 bits per heavy atom. The van der Waals surface area contributed by atoms with Crippen molar-refractivity contribution in [2.24, 2.45) is 0 Å². The minimum Gasteiger partial charge on any atom is -0.496 e. The van der Waals surface area contributed by atoms with Crippen LogP contribution in [0, 0.1) is 0 Å². The van der Waals surface area contributed by atoms with Gasteiger partial charge >= 0.3 is 6.16 Å². The molecular formula is C23H28N2O6. The van der Waals surface area contributed by atoms with Crippen molar-refractivity contribution < 1.29 is 28.6 Å². The number of hydrogen-bond donors (Lipinski definition) is 2. The number of para-hydroxylation sites is 1. The van der Waals surface area contributed by atoms with Crippen molar-refractivity contribution >= 4 is 18.0 Å². The van der Waals surface area contributed by atoms with Crippen LogP contribution in [0.15, 0.2) is 48.5 Å². The standard InChI is InChI=1S/C23H28N2O6/c1-3-30-23(28)31-19-12-9-18(10-13-19)22(27)25-16-6-15-24-21(26)14-11-17-7-4-5-8-20(17)29-2/h4-5,7-10,12-13H,3,6,11,14-16H2,1-2H3,(H,24,26)(H,25,27). The molecule has 0 spiro atoms. The van der Waals surface area contributed by atoms with Gasteiger partial charge in [0.15, 0.2) is 0 Å². The quantitative estimate of drug-likeness (QED) is 0.324. The lowest BCUT2D eigenvalue weighted by molar-refractivity contribution is -0.121. The molecule has 2 aromatic rings. The third-order valence-corrected chi connectivity index (χ3v) is 4.36. The molecule has 0 heterocycles. The zero-order valence-electron chi connectivity index (χ0n) is 17.8. The highest BCUT2D eigenvalue weighted by molar-refractivity contribution is 5.94. The highest BCUT2D eigenvalue weighted by Gasteiger charge is 2.09. The molecule has 0 aliphatic heterocycles. The molecule has 2 amide bonds. The Kier molecular flexibility index (Phi) is 9.87. The Morgan fingerprint density at radius 1 is 0.935 bits per heavy atom. The van der Waals surface area contributed by atoms with E-state index in [9.17, 15) is 14.4 Å². The summed E-state index contributed by atoms with van der Waals surface area (Å²) in [6.07, 6.45) is 0.788.